The van der Waals surface area contributed by atoms with E-state index in [1.165, 1.54) is 91.5 Å². The van der Waals surface area contributed by atoms with Gasteiger partial charge in [0.1, 0.15) is 0 Å². The summed E-state index contributed by atoms with van der Waals surface area (Å²) in [4.78, 5) is 2.44. The predicted molar refractivity (Wildman–Crippen MR) is 254 cm³/mol. The largest absolute Gasteiger partial charge is 0.309 e. The Morgan fingerprint density at radius 2 is 0.898 bits per heavy atom. The Morgan fingerprint density at radius 1 is 0.339 bits per heavy atom. The van der Waals surface area contributed by atoms with Crippen LogP contribution in [0.3, 0.4) is 0 Å². The minimum Gasteiger partial charge on any atom is -0.309 e. The Bertz CT molecular complexity index is 3500. The third-order valence-electron chi connectivity index (χ3n) is 12.0. The summed E-state index contributed by atoms with van der Waals surface area (Å²) in [6.45, 7) is 0. The number of rotatable bonds is 6. The van der Waals surface area contributed by atoms with Crippen molar-refractivity contribution in [3.63, 3.8) is 0 Å². The van der Waals surface area contributed by atoms with E-state index in [1.54, 1.807) is 0 Å². The first kappa shape index (κ1) is 33.7. The third kappa shape index (κ3) is 5.47. The maximum atomic E-state index is 2.45. The number of nitrogens with zero attached hydrogens (tertiary/aromatic N) is 2. The lowest BCUT2D eigenvalue weighted by atomic mass is 9.93. The van der Waals surface area contributed by atoms with Crippen molar-refractivity contribution in [2.75, 3.05) is 4.90 Å². The average molecular weight is 769 g/mol. The number of fused-ring (bicyclic) bond motifs is 8. The van der Waals surface area contributed by atoms with E-state index in [1.807, 2.05) is 11.3 Å². The summed E-state index contributed by atoms with van der Waals surface area (Å²) >= 11 is 1.86. The van der Waals surface area contributed by atoms with E-state index in [2.05, 4.69) is 228 Å². The number of benzene rings is 10. The predicted octanol–water partition coefficient (Wildman–Crippen LogP) is 16.3. The van der Waals surface area contributed by atoms with Crippen LogP contribution < -0.4 is 4.90 Å². The van der Waals surface area contributed by atoms with Crippen LogP contribution in [-0.4, -0.2) is 4.57 Å². The van der Waals surface area contributed by atoms with E-state index < -0.39 is 0 Å². The van der Waals surface area contributed by atoms with Crippen LogP contribution in [0.15, 0.2) is 218 Å². The van der Waals surface area contributed by atoms with Gasteiger partial charge in [-0.25, -0.2) is 0 Å². The number of thiophene rings is 1. The zero-order valence-corrected chi connectivity index (χ0v) is 32.9. The van der Waals surface area contributed by atoms with Gasteiger partial charge in [0.05, 0.1) is 22.4 Å². The Morgan fingerprint density at radius 3 is 1.64 bits per heavy atom. The normalized spacial score (nSPS) is 11.7. The molecule has 0 aliphatic heterocycles. The summed E-state index contributed by atoms with van der Waals surface area (Å²) in [5, 5.41) is 9.98. The highest BCUT2D eigenvalue weighted by Crippen LogP contribution is 2.45. The van der Waals surface area contributed by atoms with Crippen LogP contribution in [0.1, 0.15) is 0 Å². The van der Waals surface area contributed by atoms with Crippen molar-refractivity contribution >= 4 is 91.9 Å². The van der Waals surface area contributed by atoms with Crippen molar-refractivity contribution in [1.29, 1.82) is 0 Å². The maximum Gasteiger partial charge on any atom is 0.0547 e. The number of hydrogen-bond donors (Lipinski definition) is 0. The molecule has 0 aliphatic carbocycles. The molecule has 0 amide bonds. The molecule has 12 rings (SSSR count). The molecular formula is C56H36N2S. The molecule has 12 aromatic rings. The van der Waals surface area contributed by atoms with Crippen LogP contribution in [0, 0.1) is 0 Å². The van der Waals surface area contributed by atoms with Gasteiger partial charge in [-0.05, 0) is 93.7 Å². The molecule has 0 spiro atoms. The lowest BCUT2D eigenvalue weighted by Crippen LogP contribution is -2.11. The van der Waals surface area contributed by atoms with Crippen molar-refractivity contribution in [3.05, 3.63) is 218 Å². The summed E-state index contributed by atoms with van der Waals surface area (Å²) in [6.07, 6.45) is 0. The smallest absolute Gasteiger partial charge is 0.0547 e. The molecule has 0 fully saturated rings. The Labute approximate surface area is 346 Å². The van der Waals surface area contributed by atoms with Crippen LogP contribution >= 0.6 is 11.3 Å². The van der Waals surface area contributed by atoms with Gasteiger partial charge in [-0.3, -0.25) is 0 Å². The van der Waals surface area contributed by atoms with Gasteiger partial charge in [-0.2, -0.15) is 0 Å². The zero-order valence-electron chi connectivity index (χ0n) is 32.1. The van der Waals surface area contributed by atoms with Gasteiger partial charge < -0.3 is 9.47 Å². The molecule has 0 saturated heterocycles. The van der Waals surface area contributed by atoms with Crippen molar-refractivity contribution in [2.24, 2.45) is 0 Å². The molecule has 3 heteroatoms. The molecule has 2 nitrogen and oxygen atoms in total. The minimum absolute atomic E-state index is 1.11. The SMILES string of the molecule is c1cc(-c2ccccc2-c2ccc3c4ccccc4n(-c4ccc5sc6ccccc6c5c4)c3c2)cc(N(c2cccc3ccccc23)c2cccc3ccccc23)c1. The summed E-state index contributed by atoms with van der Waals surface area (Å²) < 4.78 is 5.09. The summed E-state index contributed by atoms with van der Waals surface area (Å²) in [6, 6.07) is 80.1. The van der Waals surface area contributed by atoms with Crippen molar-refractivity contribution in [2.45, 2.75) is 0 Å². The van der Waals surface area contributed by atoms with Crippen LogP contribution in [0.5, 0.6) is 0 Å². The van der Waals surface area contributed by atoms with Gasteiger partial charge >= 0.3 is 0 Å². The summed E-state index contributed by atoms with van der Waals surface area (Å²) in [5.41, 5.74) is 11.7. The topological polar surface area (TPSA) is 8.17 Å². The molecule has 59 heavy (non-hydrogen) atoms. The molecule has 2 aromatic heterocycles. The molecule has 10 aromatic carbocycles. The Balaban J connectivity index is 1.04. The fraction of sp³-hybridized carbons (Fsp3) is 0. The first-order valence-electron chi connectivity index (χ1n) is 20.2. The fourth-order valence-corrected chi connectivity index (χ4v) is 10.4. The minimum atomic E-state index is 1.11. The molecular weight excluding hydrogens is 733 g/mol. The second-order valence-corrected chi connectivity index (χ2v) is 16.4. The molecule has 276 valence electrons. The highest BCUT2D eigenvalue weighted by molar-refractivity contribution is 7.25. The quantitative estimate of drug-likeness (QED) is 0.164. The van der Waals surface area contributed by atoms with E-state index in [-0.39, 0.29) is 0 Å². The molecule has 0 N–H and O–H groups in total. The molecule has 0 bridgehead atoms. The van der Waals surface area contributed by atoms with E-state index >= 15 is 0 Å². The molecule has 2 heterocycles. The van der Waals surface area contributed by atoms with Gasteiger partial charge in [0.2, 0.25) is 0 Å². The highest BCUT2D eigenvalue weighted by Gasteiger charge is 2.20. The maximum absolute atomic E-state index is 2.45. The second kappa shape index (κ2) is 13.6. The fourth-order valence-electron chi connectivity index (χ4n) is 9.28. The zero-order chi connectivity index (χ0) is 38.9. The Kier molecular flexibility index (Phi) is 7.75. The van der Waals surface area contributed by atoms with E-state index in [4.69, 9.17) is 0 Å². The van der Waals surface area contributed by atoms with Crippen LogP contribution in [0.4, 0.5) is 17.1 Å². The number of aromatic nitrogens is 1. The first-order valence-corrected chi connectivity index (χ1v) is 21.0. The van der Waals surface area contributed by atoms with Crippen LogP contribution in [-0.2, 0) is 0 Å². The van der Waals surface area contributed by atoms with E-state index in [0.717, 1.165) is 17.1 Å². The van der Waals surface area contributed by atoms with E-state index in [0.29, 0.717) is 0 Å². The molecule has 0 unspecified atom stereocenters. The average Bonchev–Trinajstić information content (AvgIpc) is 3.84. The van der Waals surface area contributed by atoms with E-state index in [9.17, 15) is 0 Å². The molecule has 0 saturated carbocycles. The first-order chi connectivity index (χ1) is 29.3. The standard InChI is InChI=1S/C56H36N2S/c1-3-22-45-37(14-1)16-12-27-51(45)57(52-28-13-17-38-15-2-4-23-46(38)52)41-19-11-18-39(34-41)43-20-5-6-21-44(43)40-30-32-48-47-24-7-9-26-53(47)58(54(48)35-40)42-31-33-56-50(36-42)49-25-8-10-29-55(49)59-56/h1-36H. The lowest BCUT2D eigenvalue weighted by molar-refractivity contribution is 1.19. The third-order valence-corrected chi connectivity index (χ3v) is 13.1. The lowest BCUT2D eigenvalue weighted by Gasteiger charge is -2.28. The van der Waals surface area contributed by atoms with Gasteiger partial charge in [0, 0.05) is 53.1 Å². The number of para-hydroxylation sites is 1. The van der Waals surface area contributed by atoms with Gasteiger partial charge in [0.15, 0.2) is 0 Å². The highest BCUT2D eigenvalue weighted by atomic mass is 32.1. The monoisotopic (exact) mass is 768 g/mol. The van der Waals surface area contributed by atoms with Crippen molar-refractivity contribution in [3.8, 4) is 27.9 Å². The van der Waals surface area contributed by atoms with Crippen molar-refractivity contribution < 1.29 is 0 Å². The Hall–Kier alpha value is -7.46. The van der Waals surface area contributed by atoms with Gasteiger partial charge in [-0.1, -0.05) is 158 Å². The van der Waals surface area contributed by atoms with Gasteiger partial charge in [0.25, 0.3) is 0 Å². The summed E-state index contributed by atoms with van der Waals surface area (Å²) in [7, 11) is 0. The van der Waals surface area contributed by atoms with Crippen LogP contribution in [0.2, 0.25) is 0 Å². The summed E-state index contributed by atoms with van der Waals surface area (Å²) in [5.74, 6) is 0. The van der Waals surface area contributed by atoms with Crippen LogP contribution in [0.25, 0.3) is 91.5 Å². The van der Waals surface area contributed by atoms with Crippen molar-refractivity contribution in [1.82, 2.24) is 4.57 Å². The molecule has 0 aliphatic rings. The molecule has 0 radical (unpaired) electrons. The molecule has 0 atom stereocenters. The number of hydrogen-bond acceptors (Lipinski definition) is 2. The van der Waals surface area contributed by atoms with Gasteiger partial charge in [-0.15, -0.1) is 11.3 Å². The second-order valence-electron chi connectivity index (χ2n) is 15.3. The number of anilines is 3.